The van der Waals surface area contributed by atoms with Crippen molar-refractivity contribution in [2.75, 3.05) is 11.9 Å². The number of rotatable bonds is 8. The quantitative estimate of drug-likeness (QED) is 0.694. The van der Waals surface area contributed by atoms with Crippen molar-refractivity contribution >= 4 is 17.5 Å². The lowest BCUT2D eigenvalue weighted by Crippen LogP contribution is -2.33. The number of benzene rings is 2. The fourth-order valence-corrected chi connectivity index (χ4v) is 2.59. The van der Waals surface area contributed by atoms with Crippen molar-refractivity contribution in [1.82, 2.24) is 5.32 Å². The van der Waals surface area contributed by atoms with Crippen molar-refractivity contribution in [1.29, 1.82) is 0 Å². The van der Waals surface area contributed by atoms with Gasteiger partial charge in [-0.25, -0.2) is 0 Å². The minimum Gasteiger partial charge on any atom is -0.480 e. The Hall–Kier alpha value is -3.08. The van der Waals surface area contributed by atoms with Gasteiger partial charge in [-0.2, -0.15) is 0 Å². The van der Waals surface area contributed by atoms with Crippen LogP contribution in [0, 0.1) is 13.8 Å². The third kappa shape index (κ3) is 5.20. The lowest BCUT2D eigenvalue weighted by atomic mass is 10.1. The molecule has 0 aliphatic heterocycles. The Morgan fingerprint density at radius 1 is 1.15 bits per heavy atom. The first kappa shape index (κ1) is 20.2. The molecule has 142 valence electrons. The lowest BCUT2D eigenvalue weighted by molar-refractivity contribution is -0.122. The SMILES string of the molecule is C=CCNC(=O)c1ccccc1NC(=O)[C@H](CC)Oc1cccc(C)c1C. The number of para-hydroxylation sites is 1. The average Bonchev–Trinajstić information content (AvgIpc) is 2.67. The van der Waals surface area contributed by atoms with E-state index in [2.05, 4.69) is 17.2 Å². The molecule has 2 N–H and O–H groups in total. The number of aryl methyl sites for hydroxylation is 1. The molecule has 5 nitrogen and oxygen atoms in total. The minimum absolute atomic E-state index is 0.269. The van der Waals surface area contributed by atoms with Gasteiger partial charge in [0.2, 0.25) is 0 Å². The Morgan fingerprint density at radius 3 is 2.59 bits per heavy atom. The van der Waals surface area contributed by atoms with Gasteiger partial charge < -0.3 is 15.4 Å². The molecular weight excluding hydrogens is 340 g/mol. The normalized spacial score (nSPS) is 11.4. The molecule has 0 radical (unpaired) electrons. The zero-order valence-corrected chi connectivity index (χ0v) is 16.0. The molecule has 0 aromatic heterocycles. The highest BCUT2D eigenvalue weighted by atomic mass is 16.5. The number of hydrogen-bond acceptors (Lipinski definition) is 3. The molecule has 27 heavy (non-hydrogen) atoms. The summed E-state index contributed by atoms with van der Waals surface area (Å²) in [5.74, 6) is 0.130. The molecular formula is C22H26N2O3. The highest BCUT2D eigenvalue weighted by molar-refractivity contribution is 6.04. The van der Waals surface area contributed by atoms with Gasteiger partial charge in [-0.1, -0.05) is 37.3 Å². The van der Waals surface area contributed by atoms with Crippen molar-refractivity contribution in [3.63, 3.8) is 0 Å². The number of nitrogens with one attached hydrogen (secondary N) is 2. The summed E-state index contributed by atoms with van der Waals surface area (Å²) in [6, 6.07) is 12.7. The number of amides is 2. The highest BCUT2D eigenvalue weighted by Crippen LogP contribution is 2.23. The number of carbonyl (C=O) groups excluding carboxylic acids is 2. The molecule has 0 saturated carbocycles. The smallest absolute Gasteiger partial charge is 0.265 e. The summed E-state index contributed by atoms with van der Waals surface area (Å²) in [5, 5.41) is 5.54. The number of hydrogen-bond donors (Lipinski definition) is 2. The largest absolute Gasteiger partial charge is 0.480 e. The molecule has 2 amide bonds. The maximum Gasteiger partial charge on any atom is 0.265 e. The average molecular weight is 366 g/mol. The van der Waals surface area contributed by atoms with Crippen LogP contribution in [0.5, 0.6) is 5.75 Å². The van der Waals surface area contributed by atoms with Gasteiger partial charge in [0.1, 0.15) is 5.75 Å². The van der Waals surface area contributed by atoms with Crippen LogP contribution in [0.3, 0.4) is 0 Å². The lowest BCUT2D eigenvalue weighted by Gasteiger charge is -2.20. The first-order chi connectivity index (χ1) is 13.0. The molecule has 2 aromatic rings. The van der Waals surface area contributed by atoms with Crippen molar-refractivity contribution in [2.45, 2.75) is 33.3 Å². The van der Waals surface area contributed by atoms with E-state index in [1.807, 2.05) is 39.0 Å². The predicted molar refractivity (Wildman–Crippen MR) is 108 cm³/mol. The van der Waals surface area contributed by atoms with E-state index in [1.165, 1.54) is 0 Å². The fourth-order valence-electron chi connectivity index (χ4n) is 2.59. The predicted octanol–water partition coefficient (Wildman–Crippen LogP) is 4.02. The fraction of sp³-hybridized carbons (Fsp3) is 0.273. The van der Waals surface area contributed by atoms with Crippen LogP contribution >= 0.6 is 0 Å². The van der Waals surface area contributed by atoms with E-state index < -0.39 is 6.10 Å². The van der Waals surface area contributed by atoms with E-state index in [9.17, 15) is 9.59 Å². The third-order valence-corrected chi connectivity index (χ3v) is 4.32. The summed E-state index contributed by atoms with van der Waals surface area (Å²) in [6.07, 6.45) is 1.45. The number of ether oxygens (including phenoxy) is 1. The van der Waals surface area contributed by atoms with E-state index in [1.54, 1.807) is 30.3 Å². The zero-order chi connectivity index (χ0) is 19.8. The van der Waals surface area contributed by atoms with Gasteiger partial charge in [0.05, 0.1) is 11.3 Å². The van der Waals surface area contributed by atoms with Gasteiger partial charge in [-0.3, -0.25) is 9.59 Å². The molecule has 1 atom stereocenters. The summed E-state index contributed by atoms with van der Waals surface area (Å²) in [7, 11) is 0. The first-order valence-electron chi connectivity index (χ1n) is 8.99. The highest BCUT2D eigenvalue weighted by Gasteiger charge is 2.21. The van der Waals surface area contributed by atoms with Gasteiger partial charge in [-0.05, 0) is 49.6 Å². The van der Waals surface area contributed by atoms with Crippen LogP contribution in [0.4, 0.5) is 5.69 Å². The maximum atomic E-state index is 12.7. The summed E-state index contributed by atoms with van der Waals surface area (Å²) >= 11 is 0. The van der Waals surface area contributed by atoms with Crippen LogP contribution in [0.15, 0.2) is 55.1 Å². The van der Waals surface area contributed by atoms with Gasteiger partial charge in [-0.15, -0.1) is 6.58 Å². The monoisotopic (exact) mass is 366 g/mol. The molecule has 0 saturated heterocycles. The molecule has 0 aliphatic carbocycles. The second kappa shape index (κ2) is 9.57. The van der Waals surface area contributed by atoms with E-state index in [-0.39, 0.29) is 11.8 Å². The zero-order valence-electron chi connectivity index (χ0n) is 16.0. The molecule has 0 spiro atoms. The second-order valence-electron chi connectivity index (χ2n) is 6.25. The molecule has 0 bridgehead atoms. The van der Waals surface area contributed by atoms with Crippen LogP contribution in [-0.2, 0) is 4.79 Å². The molecule has 2 aromatic carbocycles. The summed E-state index contributed by atoms with van der Waals surface area (Å²) < 4.78 is 5.95. The van der Waals surface area contributed by atoms with Crippen LogP contribution in [0.25, 0.3) is 0 Å². The van der Waals surface area contributed by atoms with Crippen molar-refractivity contribution < 1.29 is 14.3 Å². The molecule has 2 rings (SSSR count). The molecule has 5 heteroatoms. The Labute approximate surface area is 160 Å². The van der Waals surface area contributed by atoms with Crippen LogP contribution < -0.4 is 15.4 Å². The number of carbonyl (C=O) groups is 2. The van der Waals surface area contributed by atoms with E-state index in [4.69, 9.17) is 4.74 Å². The van der Waals surface area contributed by atoms with E-state index in [0.717, 1.165) is 11.1 Å². The Morgan fingerprint density at radius 2 is 1.89 bits per heavy atom. The van der Waals surface area contributed by atoms with E-state index >= 15 is 0 Å². The van der Waals surface area contributed by atoms with Crippen molar-refractivity contribution in [3.8, 4) is 5.75 Å². The maximum absolute atomic E-state index is 12.7. The van der Waals surface area contributed by atoms with Gasteiger partial charge >= 0.3 is 0 Å². The van der Waals surface area contributed by atoms with E-state index in [0.29, 0.717) is 30.0 Å². The Kier molecular flexibility index (Phi) is 7.17. The van der Waals surface area contributed by atoms with Crippen molar-refractivity contribution in [2.24, 2.45) is 0 Å². The second-order valence-corrected chi connectivity index (χ2v) is 6.25. The Balaban J connectivity index is 2.16. The molecule has 0 fully saturated rings. The molecule has 0 heterocycles. The van der Waals surface area contributed by atoms with Crippen LogP contribution in [0.2, 0.25) is 0 Å². The standard InChI is InChI=1S/C22H26N2O3/c1-5-14-23-21(25)17-11-7-8-12-18(17)24-22(26)19(6-2)27-20-13-9-10-15(3)16(20)4/h5,7-13,19H,1,6,14H2,2-4H3,(H,23,25)(H,24,26)/t19-/m0/s1. The summed E-state index contributed by atoms with van der Waals surface area (Å²) in [6.45, 7) is 9.79. The summed E-state index contributed by atoms with van der Waals surface area (Å²) in [4.78, 5) is 25.0. The Bertz CT molecular complexity index is 830. The van der Waals surface area contributed by atoms with Crippen LogP contribution in [0.1, 0.15) is 34.8 Å². The first-order valence-corrected chi connectivity index (χ1v) is 8.99. The third-order valence-electron chi connectivity index (χ3n) is 4.32. The van der Waals surface area contributed by atoms with Gasteiger partial charge in [0, 0.05) is 6.54 Å². The van der Waals surface area contributed by atoms with Gasteiger partial charge in [0.15, 0.2) is 6.10 Å². The molecule has 0 unspecified atom stereocenters. The number of anilines is 1. The van der Waals surface area contributed by atoms with Crippen LogP contribution in [-0.4, -0.2) is 24.5 Å². The molecule has 0 aliphatic rings. The van der Waals surface area contributed by atoms with Gasteiger partial charge in [0.25, 0.3) is 11.8 Å². The topological polar surface area (TPSA) is 67.4 Å². The minimum atomic E-state index is -0.658. The van der Waals surface area contributed by atoms with Crippen molar-refractivity contribution in [3.05, 3.63) is 71.8 Å². The summed E-state index contributed by atoms with van der Waals surface area (Å²) in [5.41, 5.74) is 2.96.